The van der Waals surface area contributed by atoms with Crippen LogP contribution in [0.15, 0.2) is 18.6 Å². The Labute approximate surface area is 80.4 Å². The minimum absolute atomic E-state index is 0.186. The van der Waals surface area contributed by atoms with Crippen LogP contribution in [0.4, 0.5) is 4.39 Å². The summed E-state index contributed by atoms with van der Waals surface area (Å²) in [6, 6.07) is 1.79. The fourth-order valence-corrected chi connectivity index (χ4v) is 1.14. The van der Waals surface area contributed by atoms with Crippen LogP contribution >= 0.6 is 0 Å². The van der Waals surface area contributed by atoms with E-state index < -0.39 is 5.82 Å². The third-order valence-corrected chi connectivity index (χ3v) is 1.88. The highest BCUT2D eigenvalue weighted by atomic mass is 19.1. The van der Waals surface area contributed by atoms with Crippen LogP contribution in [-0.4, -0.2) is 19.7 Å². The van der Waals surface area contributed by atoms with Gasteiger partial charge in [0.05, 0.1) is 11.4 Å². The van der Waals surface area contributed by atoms with E-state index in [1.54, 1.807) is 19.2 Å². The first-order valence-corrected chi connectivity index (χ1v) is 4.18. The van der Waals surface area contributed by atoms with Gasteiger partial charge in [-0.1, -0.05) is 0 Å². The van der Waals surface area contributed by atoms with Crippen molar-refractivity contribution in [3.8, 4) is 5.82 Å². The molecule has 0 aliphatic carbocycles. The number of hydrogen-bond acceptors (Lipinski definition) is 3. The highest BCUT2D eigenvalue weighted by molar-refractivity contribution is 5.25. The molecule has 4 nitrogen and oxygen atoms in total. The molecular formula is C9H9FN4. The molecule has 2 aromatic heterocycles. The molecule has 0 unspecified atom stereocenters. The Balaban J connectivity index is 2.57. The van der Waals surface area contributed by atoms with E-state index in [-0.39, 0.29) is 5.82 Å². The lowest BCUT2D eigenvalue weighted by atomic mass is 10.4. The highest BCUT2D eigenvalue weighted by Crippen LogP contribution is 2.10. The van der Waals surface area contributed by atoms with Gasteiger partial charge in [-0.25, -0.2) is 19.0 Å². The minimum atomic E-state index is -0.435. The van der Waals surface area contributed by atoms with Crippen molar-refractivity contribution in [2.45, 2.75) is 13.8 Å². The van der Waals surface area contributed by atoms with Gasteiger partial charge in [0, 0.05) is 6.20 Å². The van der Waals surface area contributed by atoms with Gasteiger partial charge in [0.15, 0.2) is 11.6 Å². The second kappa shape index (κ2) is 3.17. The Morgan fingerprint density at radius 3 is 2.71 bits per heavy atom. The molecule has 0 aliphatic heterocycles. The van der Waals surface area contributed by atoms with Gasteiger partial charge in [-0.05, 0) is 19.9 Å². The van der Waals surface area contributed by atoms with Crippen LogP contribution in [-0.2, 0) is 0 Å². The molecule has 0 saturated heterocycles. The third-order valence-electron chi connectivity index (χ3n) is 1.88. The standard InChI is InChI=1S/C9H9FN4/c1-6-3-4-14(13-6)9-8(10)7(2)11-5-12-9/h3-5H,1-2H3. The summed E-state index contributed by atoms with van der Waals surface area (Å²) in [7, 11) is 0. The molecular weight excluding hydrogens is 183 g/mol. The van der Waals surface area contributed by atoms with Crippen molar-refractivity contribution in [2.75, 3.05) is 0 Å². The van der Waals surface area contributed by atoms with Crippen LogP contribution in [0.25, 0.3) is 5.82 Å². The van der Waals surface area contributed by atoms with Gasteiger partial charge < -0.3 is 0 Å². The molecule has 0 aliphatic rings. The molecule has 14 heavy (non-hydrogen) atoms. The number of halogens is 1. The van der Waals surface area contributed by atoms with Crippen molar-refractivity contribution in [3.05, 3.63) is 35.8 Å². The lowest BCUT2D eigenvalue weighted by molar-refractivity contribution is 0.581. The van der Waals surface area contributed by atoms with Crippen LogP contribution in [0.5, 0.6) is 0 Å². The van der Waals surface area contributed by atoms with Crippen LogP contribution in [0.1, 0.15) is 11.4 Å². The summed E-state index contributed by atoms with van der Waals surface area (Å²) >= 11 is 0. The van der Waals surface area contributed by atoms with Crippen molar-refractivity contribution in [1.82, 2.24) is 19.7 Å². The first-order valence-electron chi connectivity index (χ1n) is 4.18. The number of aryl methyl sites for hydroxylation is 2. The van der Waals surface area contributed by atoms with E-state index in [1.807, 2.05) is 6.92 Å². The van der Waals surface area contributed by atoms with E-state index in [4.69, 9.17) is 0 Å². The van der Waals surface area contributed by atoms with Crippen LogP contribution < -0.4 is 0 Å². The van der Waals surface area contributed by atoms with Crippen LogP contribution in [0.3, 0.4) is 0 Å². The van der Waals surface area contributed by atoms with Crippen molar-refractivity contribution in [3.63, 3.8) is 0 Å². The van der Waals surface area contributed by atoms with Gasteiger partial charge >= 0.3 is 0 Å². The Hall–Kier alpha value is -1.78. The molecule has 0 aromatic carbocycles. The van der Waals surface area contributed by atoms with Gasteiger partial charge in [-0.2, -0.15) is 5.10 Å². The SMILES string of the molecule is Cc1ccn(-c2ncnc(C)c2F)n1. The summed E-state index contributed by atoms with van der Waals surface area (Å²) < 4.78 is 14.9. The molecule has 0 fully saturated rings. The Morgan fingerprint density at radius 2 is 2.07 bits per heavy atom. The molecule has 2 aromatic rings. The van der Waals surface area contributed by atoms with E-state index in [1.165, 1.54) is 11.0 Å². The first kappa shape index (κ1) is 8.80. The quantitative estimate of drug-likeness (QED) is 0.686. The van der Waals surface area contributed by atoms with E-state index >= 15 is 0 Å². The van der Waals surface area contributed by atoms with Gasteiger partial charge in [-0.3, -0.25) is 0 Å². The average molecular weight is 192 g/mol. The molecule has 5 heteroatoms. The van der Waals surface area contributed by atoms with Crippen molar-refractivity contribution < 1.29 is 4.39 Å². The largest absolute Gasteiger partial charge is 0.238 e. The van der Waals surface area contributed by atoms with Gasteiger partial charge in [0.1, 0.15) is 6.33 Å². The van der Waals surface area contributed by atoms with E-state index in [2.05, 4.69) is 15.1 Å². The predicted octanol–water partition coefficient (Wildman–Crippen LogP) is 1.42. The van der Waals surface area contributed by atoms with Crippen LogP contribution in [0, 0.1) is 19.7 Å². The first-order chi connectivity index (χ1) is 6.68. The van der Waals surface area contributed by atoms with Crippen molar-refractivity contribution in [2.24, 2.45) is 0 Å². The summed E-state index contributed by atoms with van der Waals surface area (Å²) in [5.41, 5.74) is 1.14. The lowest BCUT2D eigenvalue weighted by Crippen LogP contribution is -2.04. The molecule has 0 amide bonds. The average Bonchev–Trinajstić information content (AvgIpc) is 2.57. The van der Waals surface area contributed by atoms with E-state index in [0.29, 0.717) is 5.69 Å². The second-order valence-electron chi connectivity index (χ2n) is 3.00. The predicted molar refractivity (Wildman–Crippen MR) is 48.6 cm³/mol. The topological polar surface area (TPSA) is 43.6 Å². The van der Waals surface area contributed by atoms with Gasteiger partial charge in [-0.15, -0.1) is 0 Å². The summed E-state index contributed by atoms with van der Waals surface area (Å²) in [5.74, 6) is -0.249. The Bertz CT molecular complexity index is 464. The zero-order valence-corrected chi connectivity index (χ0v) is 7.90. The Kier molecular flexibility index (Phi) is 1.99. The molecule has 2 heterocycles. The van der Waals surface area contributed by atoms with Crippen molar-refractivity contribution in [1.29, 1.82) is 0 Å². The molecule has 0 radical (unpaired) electrons. The zero-order chi connectivity index (χ0) is 10.1. The summed E-state index contributed by atoms with van der Waals surface area (Å²) in [6.07, 6.45) is 2.99. The molecule has 0 atom stereocenters. The maximum Gasteiger partial charge on any atom is 0.193 e. The summed E-state index contributed by atoms with van der Waals surface area (Å²) in [5, 5.41) is 4.07. The second-order valence-corrected chi connectivity index (χ2v) is 3.00. The number of nitrogens with zero attached hydrogens (tertiary/aromatic N) is 4. The fraction of sp³-hybridized carbons (Fsp3) is 0.222. The molecule has 0 saturated carbocycles. The third kappa shape index (κ3) is 1.37. The molecule has 0 spiro atoms. The maximum absolute atomic E-state index is 13.5. The van der Waals surface area contributed by atoms with Crippen molar-refractivity contribution >= 4 is 0 Å². The maximum atomic E-state index is 13.5. The smallest absolute Gasteiger partial charge is 0.193 e. The minimum Gasteiger partial charge on any atom is -0.238 e. The lowest BCUT2D eigenvalue weighted by Gasteiger charge is -2.02. The van der Waals surface area contributed by atoms with E-state index in [0.717, 1.165) is 5.69 Å². The molecule has 2 rings (SSSR count). The van der Waals surface area contributed by atoms with Crippen LogP contribution in [0.2, 0.25) is 0 Å². The number of rotatable bonds is 1. The summed E-state index contributed by atoms with van der Waals surface area (Å²) in [6.45, 7) is 3.43. The normalized spacial score (nSPS) is 10.5. The monoisotopic (exact) mass is 192 g/mol. The fourth-order valence-electron chi connectivity index (χ4n) is 1.14. The molecule has 72 valence electrons. The number of aromatic nitrogens is 4. The van der Waals surface area contributed by atoms with E-state index in [9.17, 15) is 4.39 Å². The zero-order valence-electron chi connectivity index (χ0n) is 7.90. The highest BCUT2D eigenvalue weighted by Gasteiger charge is 2.09. The molecule has 0 N–H and O–H groups in total. The van der Waals surface area contributed by atoms with Gasteiger partial charge in [0.2, 0.25) is 0 Å². The van der Waals surface area contributed by atoms with Gasteiger partial charge in [0.25, 0.3) is 0 Å². The Morgan fingerprint density at radius 1 is 1.29 bits per heavy atom. The molecule has 0 bridgehead atoms. The summed E-state index contributed by atoms with van der Waals surface area (Å²) in [4.78, 5) is 7.58. The number of hydrogen-bond donors (Lipinski definition) is 0.